The third kappa shape index (κ3) is 4.37. The summed E-state index contributed by atoms with van der Waals surface area (Å²) >= 11 is 6.13. The second-order valence-corrected chi connectivity index (χ2v) is 8.02. The van der Waals surface area contributed by atoms with Gasteiger partial charge in [-0.3, -0.25) is 9.69 Å². The number of para-hydroxylation sites is 2. The Hall–Kier alpha value is -2.37. The van der Waals surface area contributed by atoms with Crippen molar-refractivity contribution in [1.29, 1.82) is 0 Å². The normalized spacial score (nSPS) is 15.8. The first-order valence-corrected chi connectivity index (χ1v) is 10.1. The summed E-state index contributed by atoms with van der Waals surface area (Å²) in [6.45, 7) is 5.25. The third-order valence-corrected chi connectivity index (χ3v) is 5.92. The number of hydrogen-bond donors (Lipinski definition) is 1. The largest absolute Gasteiger partial charge is 0.330 e. The standard InChI is InChI=1S/C22H25ClN4O/c1-16-6-7-18(12-19(16)23)25-22(28)14-26-10-8-17(9-11-26)13-27-15-24-20-4-2-3-5-21(20)27/h2-7,12,15,17H,8-11,13-14H2,1H3,(H,25,28). The lowest BCUT2D eigenvalue weighted by atomic mass is 9.96. The molecule has 146 valence electrons. The molecule has 1 saturated heterocycles. The first-order valence-electron chi connectivity index (χ1n) is 9.77. The van der Waals surface area contributed by atoms with E-state index in [4.69, 9.17) is 11.6 Å². The second kappa shape index (κ2) is 8.33. The van der Waals surface area contributed by atoms with Crippen LogP contribution in [0.2, 0.25) is 5.02 Å². The van der Waals surface area contributed by atoms with Gasteiger partial charge in [-0.15, -0.1) is 0 Å². The summed E-state index contributed by atoms with van der Waals surface area (Å²) in [6, 6.07) is 13.9. The number of piperidine rings is 1. The molecule has 0 saturated carbocycles. The molecule has 0 unspecified atom stereocenters. The molecule has 2 heterocycles. The first kappa shape index (κ1) is 19.0. The Morgan fingerprint density at radius 3 is 2.79 bits per heavy atom. The number of rotatable bonds is 5. The lowest BCUT2D eigenvalue weighted by molar-refractivity contribution is -0.117. The minimum atomic E-state index is 0.0129. The van der Waals surface area contributed by atoms with Gasteiger partial charge in [-0.25, -0.2) is 4.98 Å². The molecular weight excluding hydrogens is 372 g/mol. The summed E-state index contributed by atoms with van der Waals surface area (Å²) < 4.78 is 2.25. The quantitative estimate of drug-likeness (QED) is 0.697. The number of benzene rings is 2. The number of nitrogens with one attached hydrogen (secondary N) is 1. The number of likely N-dealkylation sites (tertiary alicyclic amines) is 1. The maximum Gasteiger partial charge on any atom is 0.238 e. The Bertz CT molecular complexity index is 976. The van der Waals surface area contributed by atoms with E-state index in [1.165, 1.54) is 5.52 Å². The number of halogens is 1. The van der Waals surface area contributed by atoms with E-state index < -0.39 is 0 Å². The topological polar surface area (TPSA) is 50.2 Å². The van der Waals surface area contributed by atoms with Crippen molar-refractivity contribution >= 4 is 34.2 Å². The lowest BCUT2D eigenvalue weighted by Gasteiger charge is -2.31. The van der Waals surface area contributed by atoms with Crippen molar-refractivity contribution < 1.29 is 4.79 Å². The molecule has 4 rings (SSSR count). The van der Waals surface area contributed by atoms with E-state index in [2.05, 4.69) is 31.9 Å². The highest BCUT2D eigenvalue weighted by Gasteiger charge is 2.21. The minimum Gasteiger partial charge on any atom is -0.330 e. The third-order valence-electron chi connectivity index (χ3n) is 5.51. The van der Waals surface area contributed by atoms with Crippen molar-refractivity contribution in [3.05, 3.63) is 59.4 Å². The number of amides is 1. The molecular formula is C22H25ClN4O. The molecule has 1 aliphatic rings. The number of anilines is 1. The molecule has 28 heavy (non-hydrogen) atoms. The molecule has 1 aromatic heterocycles. The molecule has 0 atom stereocenters. The number of aryl methyl sites for hydroxylation is 1. The van der Waals surface area contributed by atoms with Gasteiger partial charge in [0.25, 0.3) is 0 Å². The van der Waals surface area contributed by atoms with Crippen molar-refractivity contribution in [2.45, 2.75) is 26.3 Å². The van der Waals surface area contributed by atoms with Gasteiger partial charge in [0.2, 0.25) is 5.91 Å². The van der Waals surface area contributed by atoms with Gasteiger partial charge >= 0.3 is 0 Å². The van der Waals surface area contributed by atoms with Crippen LogP contribution in [0.3, 0.4) is 0 Å². The SMILES string of the molecule is Cc1ccc(NC(=O)CN2CCC(Cn3cnc4ccccc43)CC2)cc1Cl. The van der Waals surface area contributed by atoms with Crippen LogP contribution in [-0.2, 0) is 11.3 Å². The first-order chi connectivity index (χ1) is 13.6. The van der Waals surface area contributed by atoms with Crippen LogP contribution in [0.4, 0.5) is 5.69 Å². The molecule has 0 spiro atoms. The zero-order valence-electron chi connectivity index (χ0n) is 16.1. The summed E-state index contributed by atoms with van der Waals surface area (Å²) in [7, 11) is 0. The van der Waals surface area contributed by atoms with Crippen molar-refractivity contribution in [3.63, 3.8) is 0 Å². The van der Waals surface area contributed by atoms with Crippen molar-refractivity contribution in [2.24, 2.45) is 5.92 Å². The fourth-order valence-corrected chi connectivity index (χ4v) is 4.02. The maximum absolute atomic E-state index is 12.4. The van der Waals surface area contributed by atoms with Crippen molar-refractivity contribution in [1.82, 2.24) is 14.5 Å². The molecule has 0 aliphatic carbocycles. The molecule has 6 heteroatoms. The average molecular weight is 397 g/mol. The van der Waals surface area contributed by atoms with E-state index in [9.17, 15) is 4.79 Å². The summed E-state index contributed by atoms with van der Waals surface area (Å²) in [5.74, 6) is 0.631. The number of hydrogen-bond acceptors (Lipinski definition) is 3. The number of imidazole rings is 1. The smallest absolute Gasteiger partial charge is 0.238 e. The van der Waals surface area contributed by atoms with E-state index in [1.807, 2.05) is 37.5 Å². The van der Waals surface area contributed by atoms with Crippen LogP contribution in [-0.4, -0.2) is 40.0 Å². The number of nitrogens with zero attached hydrogens (tertiary/aromatic N) is 3. The van der Waals surface area contributed by atoms with Gasteiger partial charge in [0.05, 0.1) is 23.9 Å². The van der Waals surface area contributed by atoms with Gasteiger partial charge in [-0.05, 0) is 68.6 Å². The predicted octanol–water partition coefficient (Wildman–Crippen LogP) is 4.35. The Labute approximate surface area is 170 Å². The van der Waals surface area contributed by atoms with Crippen LogP contribution in [0.1, 0.15) is 18.4 Å². The highest BCUT2D eigenvalue weighted by Crippen LogP contribution is 2.22. The van der Waals surface area contributed by atoms with Gasteiger partial charge < -0.3 is 9.88 Å². The zero-order valence-corrected chi connectivity index (χ0v) is 16.8. The highest BCUT2D eigenvalue weighted by atomic mass is 35.5. The molecule has 1 fully saturated rings. The van der Waals surface area contributed by atoms with Crippen molar-refractivity contribution in [3.8, 4) is 0 Å². The molecule has 3 aromatic rings. The summed E-state index contributed by atoms with van der Waals surface area (Å²) in [5, 5.41) is 3.62. The average Bonchev–Trinajstić information content (AvgIpc) is 3.09. The van der Waals surface area contributed by atoms with Crippen LogP contribution in [0, 0.1) is 12.8 Å². The number of fused-ring (bicyclic) bond motifs is 1. The van der Waals surface area contributed by atoms with Crippen LogP contribution in [0.15, 0.2) is 48.8 Å². The Morgan fingerprint density at radius 1 is 1.21 bits per heavy atom. The summed E-state index contributed by atoms with van der Waals surface area (Å²) in [4.78, 5) is 19.1. The number of aromatic nitrogens is 2. The Kier molecular flexibility index (Phi) is 5.64. The lowest BCUT2D eigenvalue weighted by Crippen LogP contribution is -2.39. The predicted molar refractivity (Wildman–Crippen MR) is 114 cm³/mol. The van der Waals surface area contributed by atoms with E-state index >= 15 is 0 Å². The zero-order chi connectivity index (χ0) is 19.5. The van der Waals surface area contributed by atoms with Gasteiger partial charge in [0.15, 0.2) is 0 Å². The molecule has 1 amide bonds. The van der Waals surface area contributed by atoms with E-state index in [0.29, 0.717) is 17.5 Å². The number of carbonyl (C=O) groups excluding carboxylic acids is 1. The minimum absolute atomic E-state index is 0.0129. The van der Waals surface area contributed by atoms with Crippen molar-refractivity contribution in [2.75, 3.05) is 25.0 Å². The molecule has 0 radical (unpaired) electrons. The van der Waals surface area contributed by atoms with Gasteiger partial charge in [-0.2, -0.15) is 0 Å². The van der Waals surface area contributed by atoms with Gasteiger partial charge in [0.1, 0.15) is 0 Å². The van der Waals surface area contributed by atoms with Crippen LogP contribution >= 0.6 is 11.6 Å². The molecule has 5 nitrogen and oxygen atoms in total. The second-order valence-electron chi connectivity index (χ2n) is 7.62. The summed E-state index contributed by atoms with van der Waals surface area (Å²) in [5.41, 5.74) is 4.00. The molecule has 1 N–H and O–H groups in total. The molecule has 0 bridgehead atoms. The highest BCUT2D eigenvalue weighted by molar-refractivity contribution is 6.31. The molecule has 1 aliphatic heterocycles. The van der Waals surface area contributed by atoms with Gasteiger partial charge in [0, 0.05) is 17.3 Å². The van der Waals surface area contributed by atoms with Crippen LogP contribution in [0.5, 0.6) is 0 Å². The monoisotopic (exact) mass is 396 g/mol. The van der Waals surface area contributed by atoms with Gasteiger partial charge in [-0.1, -0.05) is 29.8 Å². The van der Waals surface area contributed by atoms with E-state index in [0.717, 1.165) is 49.2 Å². The number of carbonyl (C=O) groups is 1. The van der Waals surface area contributed by atoms with Crippen LogP contribution < -0.4 is 5.32 Å². The summed E-state index contributed by atoms with van der Waals surface area (Å²) in [6.07, 6.45) is 4.13. The molecule has 2 aromatic carbocycles. The van der Waals surface area contributed by atoms with E-state index in [-0.39, 0.29) is 5.91 Å². The fraction of sp³-hybridized carbons (Fsp3) is 0.364. The Morgan fingerprint density at radius 2 is 2.00 bits per heavy atom. The van der Waals surface area contributed by atoms with Crippen LogP contribution in [0.25, 0.3) is 11.0 Å². The Balaban J connectivity index is 1.27. The fourth-order valence-electron chi connectivity index (χ4n) is 3.84. The maximum atomic E-state index is 12.4. The van der Waals surface area contributed by atoms with E-state index in [1.54, 1.807) is 6.07 Å².